The van der Waals surface area contributed by atoms with Gasteiger partial charge in [0.25, 0.3) is 0 Å². The van der Waals surface area contributed by atoms with E-state index in [1.165, 1.54) is 0 Å². The van der Waals surface area contributed by atoms with Gasteiger partial charge in [-0.25, -0.2) is 4.39 Å². The van der Waals surface area contributed by atoms with E-state index in [-0.39, 0.29) is 11.4 Å². The number of nitrogens with two attached hydrogens (primary N) is 2. The first kappa shape index (κ1) is 9.80. The third-order valence-corrected chi connectivity index (χ3v) is 2.00. The van der Waals surface area contributed by atoms with E-state index < -0.39 is 12.7 Å². The Balaban J connectivity index is 3.25. The molecule has 0 aliphatic heterocycles. The molecular weight excluding hydrogens is 171 g/mol. The second-order valence-corrected chi connectivity index (χ2v) is 2.99. The van der Waals surface area contributed by atoms with Crippen LogP contribution in [0.1, 0.15) is 17.2 Å². The molecule has 0 fully saturated rings. The normalized spacial score (nSPS) is 12.8. The fourth-order valence-electron chi connectivity index (χ4n) is 1.27. The molecule has 0 spiro atoms. The lowest BCUT2D eigenvalue weighted by Crippen LogP contribution is -2.14. The second-order valence-electron chi connectivity index (χ2n) is 2.99. The molecule has 1 aromatic rings. The van der Waals surface area contributed by atoms with Crippen molar-refractivity contribution in [2.75, 3.05) is 12.4 Å². The predicted molar refractivity (Wildman–Crippen MR) is 50.2 cm³/mol. The summed E-state index contributed by atoms with van der Waals surface area (Å²) in [5.74, 6) is -0.106. The van der Waals surface area contributed by atoms with Crippen LogP contribution in [-0.2, 0) is 0 Å². The molecule has 0 amide bonds. The van der Waals surface area contributed by atoms with Gasteiger partial charge in [-0.3, -0.25) is 0 Å². The van der Waals surface area contributed by atoms with E-state index in [2.05, 4.69) is 0 Å². The zero-order valence-corrected chi connectivity index (χ0v) is 7.42. The Kier molecular flexibility index (Phi) is 2.72. The number of phenolic OH excluding ortho intramolecular Hbond substituents is 1. The zero-order chi connectivity index (χ0) is 10.0. The number of nitrogen functional groups attached to an aromatic ring is 1. The van der Waals surface area contributed by atoms with Gasteiger partial charge in [0.1, 0.15) is 12.4 Å². The molecule has 1 rings (SSSR count). The van der Waals surface area contributed by atoms with Crippen LogP contribution in [0.2, 0.25) is 0 Å². The monoisotopic (exact) mass is 184 g/mol. The summed E-state index contributed by atoms with van der Waals surface area (Å²) in [5.41, 5.74) is 12.3. The van der Waals surface area contributed by atoms with E-state index in [1.807, 2.05) is 0 Å². The topological polar surface area (TPSA) is 72.3 Å². The Labute approximate surface area is 76.2 Å². The van der Waals surface area contributed by atoms with Gasteiger partial charge in [0.05, 0.1) is 11.7 Å². The molecule has 1 atom stereocenters. The molecule has 13 heavy (non-hydrogen) atoms. The minimum atomic E-state index is -0.802. The Hall–Kier alpha value is -1.29. The number of aryl methyl sites for hydroxylation is 1. The van der Waals surface area contributed by atoms with Crippen molar-refractivity contribution in [1.82, 2.24) is 0 Å². The molecule has 3 nitrogen and oxygen atoms in total. The molecule has 0 unspecified atom stereocenters. The highest BCUT2D eigenvalue weighted by molar-refractivity contribution is 5.59. The van der Waals surface area contributed by atoms with Crippen LogP contribution in [0.3, 0.4) is 0 Å². The van der Waals surface area contributed by atoms with Gasteiger partial charge in [0.15, 0.2) is 0 Å². The molecule has 1 aromatic carbocycles. The molecule has 0 aromatic heterocycles. The summed E-state index contributed by atoms with van der Waals surface area (Å²) >= 11 is 0. The standard InChI is InChI=1S/C9H13FN2O/c1-5-2-3-6(11)9(13)8(5)7(12)4-10/h2-3,7,13H,4,11-12H2,1H3/t7-/m0/s1. The molecule has 0 radical (unpaired) electrons. The van der Waals surface area contributed by atoms with E-state index in [4.69, 9.17) is 11.5 Å². The van der Waals surface area contributed by atoms with Crippen LogP contribution in [-0.4, -0.2) is 11.8 Å². The number of phenols is 1. The number of aromatic hydroxyl groups is 1. The summed E-state index contributed by atoms with van der Waals surface area (Å²) in [6.45, 7) is 1.04. The molecule has 0 saturated heterocycles. The number of hydrogen-bond donors (Lipinski definition) is 3. The summed E-state index contributed by atoms with van der Waals surface area (Å²) in [7, 11) is 0. The van der Waals surface area contributed by atoms with Gasteiger partial charge in [-0.05, 0) is 18.6 Å². The first-order valence-corrected chi connectivity index (χ1v) is 3.97. The van der Waals surface area contributed by atoms with Crippen LogP contribution in [0, 0.1) is 6.92 Å². The molecular formula is C9H13FN2O. The Morgan fingerprint density at radius 2 is 2.15 bits per heavy atom. The summed E-state index contributed by atoms with van der Waals surface area (Å²) < 4.78 is 12.3. The predicted octanol–water partition coefficient (Wildman–Crippen LogP) is 1.25. The zero-order valence-electron chi connectivity index (χ0n) is 7.42. The maximum absolute atomic E-state index is 12.3. The van der Waals surface area contributed by atoms with E-state index in [1.54, 1.807) is 19.1 Å². The highest BCUT2D eigenvalue weighted by Gasteiger charge is 2.15. The first-order chi connectivity index (χ1) is 6.07. The molecule has 0 heterocycles. The maximum atomic E-state index is 12.3. The van der Waals surface area contributed by atoms with Crippen LogP contribution in [0.5, 0.6) is 5.75 Å². The van der Waals surface area contributed by atoms with Gasteiger partial charge in [0.2, 0.25) is 0 Å². The summed E-state index contributed by atoms with van der Waals surface area (Å²) in [4.78, 5) is 0. The van der Waals surface area contributed by atoms with Crippen LogP contribution >= 0.6 is 0 Å². The largest absolute Gasteiger partial charge is 0.505 e. The highest BCUT2D eigenvalue weighted by atomic mass is 19.1. The quantitative estimate of drug-likeness (QED) is 0.478. The van der Waals surface area contributed by atoms with Crippen LogP contribution in [0.4, 0.5) is 10.1 Å². The van der Waals surface area contributed by atoms with Gasteiger partial charge in [-0.1, -0.05) is 6.07 Å². The van der Waals surface area contributed by atoms with Crippen molar-refractivity contribution in [2.24, 2.45) is 5.73 Å². The van der Waals surface area contributed by atoms with Crippen molar-refractivity contribution in [2.45, 2.75) is 13.0 Å². The Morgan fingerprint density at radius 3 is 2.69 bits per heavy atom. The second kappa shape index (κ2) is 3.62. The van der Waals surface area contributed by atoms with Gasteiger partial charge in [-0.2, -0.15) is 0 Å². The number of anilines is 1. The van der Waals surface area contributed by atoms with Crippen LogP contribution in [0.25, 0.3) is 0 Å². The molecule has 5 N–H and O–H groups in total. The number of rotatable bonds is 2. The third-order valence-electron chi connectivity index (χ3n) is 2.00. The fourth-order valence-corrected chi connectivity index (χ4v) is 1.27. The van der Waals surface area contributed by atoms with Crippen LogP contribution in [0.15, 0.2) is 12.1 Å². The SMILES string of the molecule is Cc1ccc(N)c(O)c1[C@@H](N)CF. The van der Waals surface area contributed by atoms with Gasteiger partial charge in [-0.15, -0.1) is 0 Å². The number of halogens is 1. The summed E-state index contributed by atoms with van der Waals surface area (Å²) in [5, 5.41) is 9.51. The van der Waals surface area contributed by atoms with Gasteiger partial charge in [0, 0.05) is 5.56 Å². The van der Waals surface area contributed by atoms with Gasteiger partial charge >= 0.3 is 0 Å². The van der Waals surface area contributed by atoms with Crippen molar-refractivity contribution < 1.29 is 9.50 Å². The number of hydrogen-bond acceptors (Lipinski definition) is 3. The third kappa shape index (κ3) is 1.72. The summed E-state index contributed by atoms with van der Waals surface area (Å²) in [6.07, 6.45) is 0. The van der Waals surface area contributed by atoms with Crippen molar-refractivity contribution in [3.05, 3.63) is 23.3 Å². The van der Waals surface area contributed by atoms with Crippen LogP contribution < -0.4 is 11.5 Å². The molecule has 4 heteroatoms. The minimum Gasteiger partial charge on any atom is -0.505 e. The lowest BCUT2D eigenvalue weighted by Gasteiger charge is -2.14. The van der Waals surface area contributed by atoms with E-state index in [0.29, 0.717) is 5.56 Å². The number of alkyl halides is 1. The first-order valence-electron chi connectivity index (χ1n) is 3.97. The number of benzene rings is 1. The van der Waals surface area contributed by atoms with E-state index in [9.17, 15) is 9.50 Å². The molecule has 0 saturated carbocycles. The van der Waals surface area contributed by atoms with E-state index in [0.717, 1.165) is 5.56 Å². The minimum absolute atomic E-state index is 0.106. The fraction of sp³-hybridized carbons (Fsp3) is 0.333. The van der Waals surface area contributed by atoms with Crippen molar-refractivity contribution in [1.29, 1.82) is 0 Å². The maximum Gasteiger partial charge on any atom is 0.143 e. The molecule has 0 aliphatic rings. The highest BCUT2D eigenvalue weighted by Crippen LogP contribution is 2.31. The lowest BCUT2D eigenvalue weighted by molar-refractivity contribution is 0.414. The van der Waals surface area contributed by atoms with E-state index >= 15 is 0 Å². The smallest absolute Gasteiger partial charge is 0.143 e. The Morgan fingerprint density at radius 1 is 1.54 bits per heavy atom. The van der Waals surface area contributed by atoms with Crippen molar-refractivity contribution in [3.63, 3.8) is 0 Å². The Bertz CT molecular complexity index is 315. The van der Waals surface area contributed by atoms with Gasteiger partial charge < -0.3 is 16.6 Å². The molecule has 0 aliphatic carbocycles. The molecule has 0 bridgehead atoms. The lowest BCUT2D eigenvalue weighted by atomic mass is 10.0. The molecule has 72 valence electrons. The van der Waals surface area contributed by atoms with Crippen molar-refractivity contribution >= 4 is 5.69 Å². The average Bonchev–Trinajstić information content (AvgIpc) is 2.12. The van der Waals surface area contributed by atoms with Crippen molar-refractivity contribution in [3.8, 4) is 5.75 Å². The summed E-state index contributed by atoms with van der Waals surface area (Å²) in [6, 6.07) is 2.47. The average molecular weight is 184 g/mol.